The second-order valence-corrected chi connectivity index (χ2v) is 3.70. The number of hydrogen-bond acceptors (Lipinski definition) is 2. The van der Waals surface area contributed by atoms with E-state index < -0.39 is 0 Å². The van der Waals surface area contributed by atoms with Crippen molar-refractivity contribution in [1.82, 2.24) is 4.98 Å². The Balaban J connectivity index is 2.54. The Morgan fingerprint density at radius 1 is 1.25 bits per heavy atom. The van der Waals surface area contributed by atoms with Crippen LogP contribution in [0.2, 0.25) is 0 Å². The lowest BCUT2D eigenvalue weighted by molar-refractivity contribution is 0.630. The summed E-state index contributed by atoms with van der Waals surface area (Å²) in [5, 5.41) is 0. The lowest BCUT2D eigenvalue weighted by atomic mass is 10.0. The summed E-state index contributed by atoms with van der Waals surface area (Å²) < 4.78 is 13.7. The van der Waals surface area contributed by atoms with Crippen molar-refractivity contribution in [3.63, 3.8) is 0 Å². The standard InChI is InChI=1S/C13H13FN2/c1-9-6-11(4-5-16-9)12-7-10(8-15)2-3-13(12)14/h2-7H,8,15H2,1H3. The van der Waals surface area contributed by atoms with E-state index in [1.165, 1.54) is 6.07 Å². The summed E-state index contributed by atoms with van der Waals surface area (Å²) in [4.78, 5) is 4.09. The van der Waals surface area contributed by atoms with E-state index >= 15 is 0 Å². The largest absolute Gasteiger partial charge is 0.326 e. The van der Waals surface area contributed by atoms with E-state index in [4.69, 9.17) is 5.73 Å². The molecule has 0 bridgehead atoms. The third-order valence-corrected chi connectivity index (χ3v) is 2.47. The predicted octanol–water partition coefficient (Wildman–Crippen LogP) is 2.65. The first-order valence-corrected chi connectivity index (χ1v) is 5.12. The molecule has 0 saturated heterocycles. The number of rotatable bonds is 2. The fraction of sp³-hybridized carbons (Fsp3) is 0.154. The quantitative estimate of drug-likeness (QED) is 0.838. The van der Waals surface area contributed by atoms with Crippen molar-refractivity contribution in [1.29, 1.82) is 0 Å². The van der Waals surface area contributed by atoms with Crippen molar-refractivity contribution in [3.05, 3.63) is 53.6 Å². The summed E-state index contributed by atoms with van der Waals surface area (Å²) in [5.41, 5.74) is 8.75. The topological polar surface area (TPSA) is 38.9 Å². The first-order valence-electron chi connectivity index (χ1n) is 5.12. The number of nitrogens with zero attached hydrogens (tertiary/aromatic N) is 1. The molecular weight excluding hydrogens is 203 g/mol. The van der Waals surface area contributed by atoms with Crippen LogP contribution in [-0.4, -0.2) is 4.98 Å². The van der Waals surface area contributed by atoms with Crippen molar-refractivity contribution < 1.29 is 4.39 Å². The number of hydrogen-bond donors (Lipinski definition) is 1. The fourth-order valence-corrected chi connectivity index (χ4v) is 1.63. The smallest absolute Gasteiger partial charge is 0.131 e. The summed E-state index contributed by atoms with van der Waals surface area (Å²) in [6.07, 6.45) is 1.68. The second-order valence-electron chi connectivity index (χ2n) is 3.70. The van der Waals surface area contributed by atoms with Gasteiger partial charge in [0, 0.05) is 24.0 Å². The SMILES string of the molecule is Cc1cc(-c2cc(CN)ccc2F)ccn1. The molecular formula is C13H13FN2. The molecule has 1 aromatic carbocycles. The van der Waals surface area contributed by atoms with E-state index in [0.717, 1.165) is 16.8 Å². The molecule has 2 nitrogen and oxygen atoms in total. The molecule has 0 fully saturated rings. The van der Waals surface area contributed by atoms with Crippen LogP contribution in [0.5, 0.6) is 0 Å². The highest BCUT2D eigenvalue weighted by Gasteiger charge is 2.06. The van der Waals surface area contributed by atoms with E-state index in [1.807, 2.05) is 13.0 Å². The summed E-state index contributed by atoms with van der Waals surface area (Å²) >= 11 is 0. The van der Waals surface area contributed by atoms with Crippen LogP contribution < -0.4 is 5.73 Å². The maximum atomic E-state index is 13.7. The monoisotopic (exact) mass is 216 g/mol. The van der Waals surface area contributed by atoms with Crippen molar-refractivity contribution >= 4 is 0 Å². The van der Waals surface area contributed by atoms with Gasteiger partial charge in [-0.05, 0) is 42.3 Å². The first-order chi connectivity index (χ1) is 7.70. The lowest BCUT2D eigenvalue weighted by Gasteiger charge is -2.06. The molecule has 2 aromatic rings. The van der Waals surface area contributed by atoms with E-state index in [1.54, 1.807) is 24.4 Å². The highest BCUT2D eigenvalue weighted by atomic mass is 19.1. The minimum atomic E-state index is -0.234. The highest BCUT2D eigenvalue weighted by Crippen LogP contribution is 2.23. The molecule has 0 aliphatic carbocycles. The number of aryl methyl sites for hydroxylation is 1. The Bertz CT molecular complexity index is 509. The average Bonchev–Trinajstić information content (AvgIpc) is 2.30. The molecule has 2 rings (SSSR count). The maximum absolute atomic E-state index is 13.7. The van der Waals surface area contributed by atoms with Gasteiger partial charge in [0.05, 0.1) is 0 Å². The number of aromatic nitrogens is 1. The molecule has 0 unspecified atom stereocenters. The second kappa shape index (κ2) is 4.41. The van der Waals surface area contributed by atoms with Crippen LogP contribution in [0, 0.1) is 12.7 Å². The van der Waals surface area contributed by atoms with Gasteiger partial charge in [0.15, 0.2) is 0 Å². The van der Waals surface area contributed by atoms with Crippen LogP contribution in [0.1, 0.15) is 11.3 Å². The molecule has 0 aliphatic rings. The van der Waals surface area contributed by atoms with E-state index in [9.17, 15) is 4.39 Å². The van der Waals surface area contributed by atoms with Gasteiger partial charge < -0.3 is 5.73 Å². The molecule has 0 saturated carbocycles. The third-order valence-electron chi connectivity index (χ3n) is 2.47. The van der Waals surface area contributed by atoms with Crippen LogP contribution in [0.25, 0.3) is 11.1 Å². The van der Waals surface area contributed by atoms with Gasteiger partial charge >= 0.3 is 0 Å². The van der Waals surface area contributed by atoms with Crippen LogP contribution in [0.4, 0.5) is 4.39 Å². The van der Waals surface area contributed by atoms with E-state index in [0.29, 0.717) is 12.1 Å². The number of nitrogens with two attached hydrogens (primary N) is 1. The lowest BCUT2D eigenvalue weighted by Crippen LogP contribution is -1.97. The van der Waals surface area contributed by atoms with Gasteiger partial charge in [-0.25, -0.2) is 4.39 Å². The number of halogens is 1. The summed E-state index contributed by atoms with van der Waals surface area (Å²) in [6.45, 7) is 2.30. The van der Waals surface area contributed by atoms with Gasteiger partial charge in [-0.3, -0.25) is 4.98 Å². The zero-order valence-electron chi connectivity index (χ0n) is 9.07. The van der Waals surface area contributed by atoms with E-state index in [2.05, 4.69) is 4.98 Å². The molecule has 3 heteroatoms. The van der Waals surface area contributed by atoms with Crippen molar-refractivity contribution in [3.8, 4) is 11.1 Å². The molecule has 0 atom stereocenters. The molecule has 0 spiro atoms. The zero-order chi connectivity index (χ0) is 11.5. The molecule has 1 aromatic heterocycles. The van der Waals surface area contributed by atoms with Crippen LogP contribution >= 0.6 is 0 Å². The Labute approximate surface area is 93.9 Å². The number of pyridine rings is 1. The minimum Gasteiger partial charge on any atom is -0.326 e. The summed E-state index contributed by atoms with van der Waals surface area (Å²) in [5.74, 6) is -0.234. The fourth-order valence-electron chi connectivity index (χ4n) is 1.63. The Morgan fingerprint density at radius 3 is 2.75 bits per heavy atom. The molecule has 1 heterocycles. The normalized spacial score (nSPS) is 10.4. The molecule has 16 heavy (non-hydrogen) atoms. The van der Waals surface area contributed by atoms with Gasteiger partial charge in [0.1, 0.15) is 5.82 Å². The van der Waals surface area contributed by atoms with Gasteiger partial charge in [-0.15, -0.1) is 0 Å². The van der Waals surface area contributed by atoms with Gasteiger partial charge in [-0.2, -0.15) is 0 Å². The van der Waals surface area contributed by atoms with Crippen molar-refractivity contribution in [2.75, 3.05) is 0 Å². The Hall–Kier alpha value is -1.74. The summed E-state index contributed by atoms with van der Waals surface area (Å²) in [7, 11) is 0. The van der Waals surface area contributed by atoms with Crippen molar-refractivity contribution in [2.45, 2.75) is 13.5 Å². The molecule has 82 valence electrons. The van der Waals surface area contributed by atoms with Gasteiger partial charge in [-0.1, -0.05) is 6.07 Å². The Kier molecular flexibility index (Phi) is 2.97. The molecule has 0 aliphatic heterocycles. The Morgan fingerprint density at radius 2 is 2.06 bits per heavy atom. The van der Waals surface area contributed by atoms with E-state index in [-0.39, 0.29) is 5.82 Å². The van der Waals surface area contributed by atoms with Gasteiger partial charge in [0.25, 0.3) is 0 Å². The zero-order valence-corrected chi connectivity index (χ0v) is 9.07. The summed E-state index contributed by atoms with van der Waals surface area (Å²) in [6, 6.07) is 8.59. The van der Waals surface area contributed by atoms with Crippen LogP contribution in [0.3, 0.4) is 0 Å². The van der Waals surface area contributed by atoms with Crippen LogP contribution in [0.15, 0.2) is 36.5 Å². The van der Waals surface area contributed by atoms with Gasteiger partial charge in [0.2, 0.25) is 0 Å². The minimum absolute atomic E-state index is 0.234. The maximum Gasteiger partial charge on any atom is 0.131 e. The van der Waals surface area contributed by atoms with Crippen LogP contribution in [-0.2, 0) is 6.54 Å². The van der Waals surface area contributed by atoms with Crippen molar-refractivity contribution in [2.24, 2.45) is 5.73 Å². The molecule has 0 radical (unpaired) electrons. The molecule has 2 N–H and O–H groups in total. The predicted molar refractivity (Wildman–Crippen MR) is 62.3 cm³/mol. The highest BCUT2D eigenvalue weighted by molar-refractivity contribution is 5.64. The number of benzene rings is 1. The molecule has 0 amide bonds. The first kappa shape index (κ1) is 10.8. The average molecular weight is 216 g/mol. The third kappa shape index (κ3) is 2.09.